The average molecular weight is 384 g/mol. The van der Waals surface area contributed by atoms with Crippen LogP contribution in [0.5, 0.6) is 0 Å². The van der Waals surface area contributed by atoms with Gasteiger partial charge in [0.15, 0.2) is 0 Å². The largest absolute Gasteiger partial charge is 0.370 e. The summed E-state index contributed by atoms with van der Waals surface area (Å²) in [6.45, 7) is 10.9. The molecule has 2 nitrogen and oxygen atoms in total. The Kier molecular flexibility index (Phi) is 6.18. The van der Waals surface area contributed by atoms with Gasteiger partial charge in [-0.25, -0.2) is 0 Å². The summed E-state index contributed by atoms with van der Waals surface area (Å²) in [5.74, 6) is 0. The molecule has 0 aromatic heterocycles. The molecule has 1 aromatic carbocycles. The van der Waals surface area contributed by atoms with E-state index in [-0.39, 0.29) is 0 Å². The molecule has 1 aromatic rings. The Morgan fingerprint density at radius 3 is 2.39 bits per heavy atom. The molecule has 1 spiro atoms. The van der Waals surface area contributed by atoms with Crippen molar-refractivity contribution in [1.29, 1.82) is 0 Å². The van der Waals surface area contributed by atoms with Gasteiger partial charge in [-0.1, -0.05) is 64.3 Å². The van der Waals surface area contributed by atoms with E-state index in [0.29, 0.717) is 23.0 Å². The minimum Gasteiger partial charge on any atom is -0.370 e. The topological polar surface area (TPSA) is 12.5 Å². The number of hydrogen-bond donors (Lipinski definition) is 0. The smallest absolute Gasteiger partial charge is 0.0831 e. The molecule has 0 radical (unpaired) electrons. The van der Waals surface area contributed by atoms with Crippen LogP contribution in [0, 0.1) is 5.41 Å². The van der Waals surface area contributed by atoms with Gasteiger partial charge in [0.05, 0.1) is 12.2 Å². The van der Waals surface area contributed by atoms with Gasteiger partial charge in [-0.3, -0.25) is 0 Å². The van der Waals surface area contributed by atoms with Crippen LogP contribution in [0.2, 0.25) is 0 Å². The molecule has 4 rings (SSSR count). The minimum atomic E-state index is 0.337. The van der Waals surface area contributed by atoms with Crippen LogP contribution < -0.4 is 0 Å². The molecular weight excluding hydrogens is 342 g/mol. The van der Waals surface area contributed by atoms with Gasteiger partial charge in [-0.2, -0.15) is 0 Å². The molecule has 1 heterocycles. The third-order valence-corrected chi connectivity index (χ3v) is 7.66. The molecule has 156 valence electrons. The predicted octanol–water partition coefficient (Wildman–Crippen LogP) is 6.64. The van der Waals surface area contributed by atoms with Crippen LogP contribution in [0.3, 0.4) is 0 Å². The summed E-state index contributed by atoms with van der Waals surface area (Å²) in [5, 5.41) is 0. The molecule has 2 heteroatoms. The Hall–Kier alpha value is -0.860. The SMILES string of the molecule is CC(C)(C)CCN1CCC2(CCC(OC3CCCCC3)c3ccccc32)CC1. The second-order valence-electron chi connectivity index (χ2n) is 10.9. The molecule has 28 heavy (non-hydrogen) atoms. The third kappa shape index (κ3) is 4.65. The molecular formula is C26H41NO. The zero-order valence-electron chi connectivity index (χ0n) is 18.5. The van der Waals surface area contributed by atoms with E-state index in [1.54, 1.807) is 5.56 Å². The van der Waals surface area contributed by atoms with Crippen molar-refractivity contribution in [3.63, 3.8) is 0 Å². The first-order valence-electron chi connectivity index (χ1n) is 11.9. The van der Waals surface area contributed by atoms with Crippen molar-refractivity contribution in [2.45, 2.75) is 103 Å². The van der Waals surface area contributed by atoms with Crippen LogP contribution in [0.4, 0.5) is 0 Å². The lowest BCUT2D eigenvalue weighted by Gasteiger charge is -2.48. The van der Waals surface area contributed by atoms with E-state index in [1.807, 2.05) is 0 Å². The average Bonchev–Trinajstić information content (AvgIpc) is 2.70. The number of nitrogens with zero attached hydrogens (tertiary/aromatic N) is 1. The molecule has 1 unspecified atom stereocenters. The maximum absolute atomic E-state index is 6.68. The summed E-state index contributed by atoms with van der Waals surface area (Å²) in [6.07, 6.45) is 14.0. The van der Waals surface area contributed by atoms with Gasteiger partial charge in [0.1, 0.15) is 0 Å². The summed E-state index contributed by atoms with van der Waals surface area (Å²) < 4.78 is 6.68. The molecule has 2 aliphatic carbocycles. The molecule has 2 fully saturated rings. The molecule has 1 atom stereocenters. The van der Waals surface area contributed by atoms with Crippen molar-refractivity contribution in [2.24, 2.45) is 5.41 Å². The van der Waals surface area contributed by atoms with Crippen LogP contribution in [0.25, 0.3) is 0 Å². The predicted molar refractivity (Wildman–Crippen MR) is 118 cm³/mol. The number of hydrogen-bond acceptors (Lipinski definition) is 2. The number of piperidine rings is 1. The lowest BCUT2D eigenvalue weighted by Crippen LogP contribution is -2.45. The number of benzene rings is 1. The normalized spacial score (nSPS) is 26.3. The Morgan fingerprint density at radius 2 is 1.68 bits per heavy atom. The molecule has 1 aliphatic heterocycles. The monoisotopic (exact) mass is 383 g/mol. The van der Waals surface area contributed by atoms with Gasteiger partial charge in [0, 0.05) is 0 Å². The lowest BCUT2D eigenvalue weighted by atomic mass is 9.64. The first-order chi connectivity index (χ1) is 13.5. The Balaban J connectivity index is 1.43. The Bertz CT molecular complexity index is 632. The van der Waals surface area contributed by atoms with E-state index >= 15 is 0 Å². The lowest BCUT2D eigenvalue weighted by molar-refractivity contribution is -0.0467. The number of likely N-dealkylation sites (tertiary alicyclic amines) is 1. The van der Waals surface area contributed by atoms with E-state index in [1.165, 1.54) is 89.4 Å². The van der Waals surface area contributed by atoms with Crippen molar-refractivity contribution >= 4 is 0 Å². The molecule has 0 N–H and O–H groups in total. The van der Waals surface area contributed by atoms with Crippen LogP contribution in [-0.4, -0.2) is 30.6 Å². The minimum absolute atomic E-state index is 0.337. The highest BCUT2D eigenvalue weighted by molar-refractivity contribution is 5.39. The standard InChI is InChI=1S/C26H41NO/c1-25(2,3)15-18-27-19-16-26(17-20-27)14-13-24(22-11-7-8-12-23(22)26)28-21-9-5-4-6-10-21/h7-8,11-12,21,24H,4-6,9-10,13-20H2,1-3H3. The van der Waals surface area contributed by atoms with E-state index in [2.05, 4.69) is 49.9 Å². The Labute approximate surface area is 173 Å². The Morgan fingerprint density at radius 1 is 0.964 bits per heavy atom. The zero-order chi connectivity index (χ0) is 19.6. The van der Waals surface area contributed by atoms with E-state index in [9.17, 15) is 0 Å². The van der Waals surface area contributed by atoms with E-state index < -0.39 is 0 Å². The van der Waals surface area contributed by atoms with Crippen LogP contribution >= 0.6 is 0 Å². The first-order valence-corrected chi connectivity index (χ1v) is 11.9. The zero-order valence-corrected chi connectivity index (χ0v) is 18.5. The van der Waals surface area contributed by atoms with Gasteiger partial charge in [0.25, 0.3) is 0 Å². The third-order valence-electron chi connectivity index (χ3n) is 7.66. The molecule has 0 bridgehead atoms. The fraction of sp³-hybridized carbons (Fsp3) is 0.769. The van der Waals surface area contributed by atoms with Crippen molar-refractivity contribution in [3.8, 4) is 0 Å². The van der Waals surface area contributed by atoms with Crippen molar-refractivity contribution in [3.05, 3.63) is 35.4 Å². The molecule has 3 aliphatic rings. The van der Waals surface area contributed by atoms with Gasteiger partial charge in [-0.15, -0.1) is 0 Å². The fourth-order valence-electron chi connectivity index (χ4n) is 5.75. The number of fused-ring (bicyclic) bond motifs is 2. The van der Waals surface area contributed by atoms with E-state index in [4.69, 9.17) is 4.74 Å². The summed E-state index contributed by atoms with van der Waals surface area (Å²) in [4.78, 5) is 2.71. The quantitative estimate of drug-likeness (QED) is 0.578. The second-order valence-corrected chi connectivity index (χ2v) is 10.9. The van der Waals surface area contributed by atoms with Gasteiger partial charge >= 0.3 is 0 Å². The highest BCUT2D eigenvalue weighted by Crippen LogP contribution is 2.49. The van der Waals surface area contributed by atoms with Gasteiger partial charge in [0.2, 0.25) is 0 Å². The second kappa shape index (κ2) is 8.48. The summed E-state index contributed by atoms with van der Waals surface area (Å²) >= 11 is 0. The molecule has 1 saturated heterocycles. The highest BCUT2D eigenvalue weighted by atomic mass is 16.5. The highest BCUT2D eigenvalue weighted by Gasteiger charge is 2.42. The molecule has 1 saturated carbocycles. The van der Waals surface area contributed by atoms with Gasteiger partial charge in [-0.05, 0) is 86.5 Å². The van der Waals surface area contributed by atoms with Crippen molar-refractivity contribution in [1.82, 2.24) is 4.90 Å². The fourth-order valence-corrected chi connectivity index (χ4v) is 5.75. The maximum Gasteiger partial charge on any atom is 0.0831 e. The van der Waals surface area contributed by atoms with Crippen molar-refractivity contribution in [2.75, 3.05) is 19.6 Å². The van der Waals surface area contributed by atoms with E-state index in [0.717, 1.165) is 0 Å². The first kappa shape index (κ1) is 20.4. The maximum atomic E-state index is 6.68. The summed E-state index contributed by atoms with van der Waals surface area (Å²) in [5.41, 5.74) is 3.98. The summed E-state index contributed by atoms with van der Waals surface area (Å²) in [6, 6.07) is 9.29. The number of rotatable bonds is 4. The van der Waals surface area contributed by atoms with Crippen LogP contribution in [0.1, 0.15) is 102 Å². The summed E-state index contributed by atoms with van der Waals surface area (Å²) in [7, 11) is 0. The van der Waals surface area contributed by atoms with Crippen LogP contribution in [0.15, 0.2) is 24.3 Å². The molecule has 0 amide bonds. The van der Waals surface area contributed by atoms with Crippen LogP contribution in [-0.2, 0) is 10.2 Å². The number of ether oxygens (including phenoxy) is 1. The van der Waals surface area contributed by atoms with Crippen molar-refractivity contribution < 1.29 is 4.74 Å². The van der Waals surface area contributed by atoms with Gasteiger partial charge < -0.3 is 9.64 Å².